The van der Waals surface area contributed by atoms with Crippen LogP contribution >= 0.6 is 0 Å². The van der Waals surface area contributed by atoms with Gasteiger partial charge < -0.3 is 19.4 Å². The molecule has 10 rings (SSSR count). The number of likely N-dealkylation sites (tertiary alicyclic amines) is 1. The average Bonchev–Trinajstić information content (AvgIpc) is 4.14. The molecule has 14 heteroatoms. The number of benzene rings is 5. The second-order valence-corrected chi connectivity index (χ2v) is 20.6. The van der Waals surface area contributed by atoms with Crippen molar-refractivity contribution in [3.05, 3.63) is 163 Å². The fourth-order valence-corrected chi connectivity index (χ4v) is 11.8. The molecule has 0 aliphatic carbocycles. The van der Waals surface area contributed by atoms with Crippen LogP contribution in [0.5, 0.6) is 0 Å². The summed E-state index contributed by atoms with van der Waals surface area (Å²) in [5.41, 5.74) is 7.99. The molecule has 1 aliphatic rings. The quantitative estimate of drug-likeness (QED) is 0.0857. The summed E-state index contributed by atoms with van der Waals surface area (Å²) < 4.78 is 64.5. The number of para-hydroxylation sites is 2. The van der Waals surface area contributed by atoms with Crippen LogP contribution in [0, 0.1) is 0 Å². The third kappa shape index (κ3) is 7.80. The van der Waals surface area contributed by atoms with Crippen LogP contribution in [0.3, 0.4) is 0 Å². The lowest BCUT2D eigenvalue weighted by atomic mass is 9.95. The van der Waals surface area contributed by atoms with E-state index in [4.69, 9.17) is 4.98 Å². The highest BCUT2D eigenvalue weighted by molar-refractivity contribution is 7.89. The Bertz CT molecular complexity index is 3400. The first-order valence-electron chi connectivity index (χ1n) is 21.5. The van der Waals surface area contributed by atoms with Crippen molar-refractivity contribution in [2.45, 2.75) is 34.2 Å². The van der Waals surface area contributed by atoms with Crippen molar-refractivity contribution in [2.75, 3.05) is 40.3 Å². The van der Waals surface area contributed by atoms with Gasteiger partial charge in [0, 0.05) is 90.2 Å². The van der Waals surface area contributed by atoms with E-state index in [2.05, 4.69) is 71.5 Å². The zero-order chi connectivity index (χ0) is 44.2. The summed E-state index contributed by atoms with van der Waals surface area (Å²) in [6, 6.07) is 38.4. The lowest BCUT2D eigenvalue weighted by Gasteiger charge is -2.28. The number of hydrogen-bond acceptors (Lipinski definition) is 7. The molecular weight excluding hydrogens is 841 g/mol. The van der Waals surface area contributed by atoms with Crippen LogP contribution in [0.25, 0.3) is 54.7 Å². The summed E-state index contributed by atoms with van der Waals surface area (Å²) in [7, 11) is -2.03. The molecule has 0 bridgehead atoms. The molecular formula is C50H50N8O4S2. The largest absolute Gasteiger partial charge is 0.361 e. The maximum absolute atomic E-state index is 14.7. The highest BCUT2D eigenvalue weighted by Gasteiger charge is 2.33. The Balaban J connectivity index is 0.970. The van der Waals surface area contributed by atoms with Crippen molar-refractivity contribution in [1.29, 1.82) is 0 Å². The molecule has 1 saturated heterocycles. The average molecular weight is 891 g/mol. The number of rotatable bonds is 14. The number of aryl methyl sites for hydroxylation is 1. The SMILES string of the molecule is CN(C)C(CNS(=O)(=O)c1ccc2cc[nH]c2c1)c1cccc2c(-c3cc(S(=O)(=O)NC[C@H](c4cn(C)c5ccccc45)N4CC[C@@H](c5ccccc5)C4)cc4[nH]ccc34)ccnc12. The van der Waals surface area contributed by atoms with E-state index in [0.29, 0.717) is 17.0 Å². The van der Waals surface area contributed by atoms with Crippen molar-refractivity contribution in [3.63, 3.8) is 0 Å². The third-order valence-electron chi connectivity index (χ3n) is 13.0. The fraction of sp³-hybridized carbons (Fsp3) is 0.220. The zero-order valence-electron chi connectivity index (χ0n) is 35.9. The number of sulfonamides is 2. The van der Waals surface area contributed by atoms with Gasteiger partial charge in [-0.15, -0.1) is 0 Å². The molecule has 12 nitrogen and oxygen atoms in total. The summed E-state index contributed by atoms with van der Waals surface area (Å²) in [4.78, 5) is 15.9. The molecule has 0 amide bonds. The first-order valence-corrected chi connectivity index (χ1v) is 24.5. The van der Waals surface area contributed by atoms with Crippen LogP contribution < -0.4 is 9.44 Å². The second kappa shape index (κ2) is 16.8. The van der Waals surface area contributed by atoms with Crippen molar-refractivity contribution in [2.24, 2.45) is 7.05 Å². The molecule has 0 spiro atoms. The predicted octanol–water partition coefficient (Wildman–Crippen LogP) is 8.45. The minimum atomic E-state index is -4.04. The standard InChI is InChI=1S/C50H50N8O4S2/c1-56(2)48(29-54-63(59,60)36-17-16-34-18-22-51-45(34)27-36)42-14-9-13-41-38(19-24-53-50(41)42)43-26-37(28-46-39(43)20-23-52-46)64(61,62)55-30-49(44-32-57(3)47-15-8-7-12-40(44)47)58-25-21-35(31-58)33-10-5-4-6-11-33/h4-20,22-24,26-28,32,35,48-49,51-52,54-55H,21,25,29-31H2,1-3H3/t35-,48?,49-/m1/s1. The molecule has 0 saturated carbocycles. The van der Waals surface area contributed by atoms with E-state index in [9.17, 15) is 16.8 Å². The molecule has 5 aromatic carbocycles. The molecule has 4 aromatic heterocycles. The van der Waals surface area contributed by atoms with Crippen LogP contribution in [0.1, 0.15) is 41.1 Å². The highest BCUT2D eigenvalue weighted by atomic mass is 32.2. The lowest BCUT2D eigenvalue weighted by Crippen LogP contribution is -2.37. The Morgan fingerprint density at radius 2 is 1.45 bits per heavy atom. The van der Waals surface area contributed by atoms with Gasteiger partial charge in [-0.25, -0.2) is 26.3 Å². The van der Waals surface area contributed by atoms with E-state index in [0.717, 1.165) is 74.3 Å². The molecule has 1 unspecified atom stereocenters. The Labute approximate surface area is 373 Å². The molecule has 5 heterocycles. The molecule has 1 fully saturated rings. The smallest absolute Gasteiger partial charge is 0.240 e. The Kier molecular flexibility index (Phi) is 11.0. The van der Waals surface area contributed by atoms with Gasteiger partial charge in [-0.2, -0.15) is 0 Å². The van der Waals surface area contributed by atoms with Crippen molar-refractivity contribution >= 4 is 63.7 Å². The lowest BCUT2D eigenvalue weighted by molar-refractivity contribution is 0.244. The van der Waals surface area contributed by atoms with E-state index in [1.807, 2.05) is 86.8 Å². The molecule has 326 valence electrons. The van der Waals surface area contributed by atoms with E-state index in [1.54, 1.807) is 42.7 Å². The summed E-state index contributed by atoms with van der Waals surface area (Å²) in [6.45, 7) is 1.94. The Morgan fingerprint density at radius 3 is 2.30 bits per heavy atom. The fourth-order valence-electron chi connectivity index (χ4n) is 9.67. The van der Waals surface area contributed by atoms with Gasteiger partial charge in [0.05, 0.1) is 21.3 Å². The number of nitrogens with zero attached hydrogens (tertiary/aromatic N) is 4. The van der Waals surface area contributed by atoms with Gasteiger partial charge >= 0.3 is 0 Å². The third-order valence-corrected chi connectivity index (χ3v) is 15.8. The van der Waals surface area contributed by atoms with Crippen LogP contribution in [-0.2, 0) is 27.1 Å². The highest BCUT2D eigenvalue weighted by Crippen LogP contribution is 2.39. The Hall–Kier alpha value is -6.13. The van der Waals surface area contributed by atoms with Crippen LogP contribution in [0.15, 0.2) is 156 Å². The number of H-pyrrole nitrogens is 2. The summed E-state index contributed by atoms with van der Waals surface area (Å²) in [5.74, 6) is 0.353. The van der Waals surface area contributed by atoms with Crippen molar-refractivity contribution in [3.8, 4) is 11.1 Å². The number of aromatic amines is 2. The molecule has 4 N–H and O–H groups in total. The summed E-state index contributed by atoms with van der Waals surface area (Å²) in [5, 5.41) is 3.72. The van der Waals surface area contributed by atoms with Gasteiger partial charge in [-0.1, -0.05) is 72.8 Å². The topological polar surface area (TPSA) is 148 Å². The van der Waals surface area contributed by atoms with E-state index in [-0.39, 0.29) is 35.0 Å². The number of fused-ring (bicyclic) bond motifs is 4. The van der Waals surface area contributed by atoms with E-state index in [1.165, 1.54) is 5.56 Å². The first kappa shape index (κ1) is 41.9. The van der Waals surface area contributed by atoms with Crippen molar-refractivity contribution in [1.82, 2.24) is 38.8 Å². The number of hydrogen-bond donors (Lipinski definition) is 4. The number of aromatic nitrogens is 4. The van der Waals surface area contributed by atoms with Gasteiger partial charge in [0.1, 0.15) is 0 Å². The predicted molar refractivity (Wildman–Crippen MR) is 255 cm³/mol. The van der Waals surface area contributed by atoms with Crippen molar-refractivity contribution < 1.29 is 16.8 Å². The molecule has 64 heavy (non-hydrogen) atoms. The van der Waals surface area contributed by atoms with Gasteiger partial charge in [0.2, 0.25) is 20.0 Å². The number of pyridine rings is 1. The summed E-state index contributed by atoms with van der Waals surface area (Å²) in [6.07, 6.45) is 8.47. The van der Waals surface area contributed by atoms with Gasteiger partial charge in [0.15, 0.2) is 0 Å². The minimum Gasteiger partial charge on any atom is -0.361 e. The maximum Gasteiger partial charge on any atom is 0.240 e. The molecule has 1 aliphatic heterocycles. The van der Waals surface area contributed by atoms with Gasteiger partial charge in [-0.05, 0) is 115 Å². The molecule has 0 radical (unpaired) electrons. The maximum atomic E-state index is 14.7. The van der Waals surface area contributed by atoms with Gasteiger partial charge in [0.25, 0.3) is 0 Å². The summed E-state index contributed by atoms with van der Waals surface area (Å²) >= 11 is 0. The zero-order valence-corrected chi connectivity index (χ0v) is 37.5. The number of likely N-dealkylation sites (N-methyl/N-ethyl adjacent to an activating group) is 1. The second-order valence-electron chi connectivity index (χ2n) is 17.0. The van der Waals surface area contributed by atoms with Gasteiger partial charge in [-0.3, -0.25) is 9.88 Å². The minimum absolute atomic E-state index is 0.0919. The first-order chi connectivity index (χ1) is 30.9. The number of nitrogens with one attached hydrogen (secondary N) is 4. The normalized spacial score (nSPS) is 16.2. The Morgan fingerprint density at radius 1 is 0.719 bits per heavy atom. The molecule has 3 atom stereocenters. The molecule has 9 aromatic rings. The van der Waals surface area contributed by atoms with E-state index < -0.39 is 20.0 Å². The van der Waals surface area contributed by atoms with Crippen LogP contribution in [0.4, 0.5) is 0 Å². The van der Waals surface area contributed by atoms with E-state index >= 15 is 0 Å². The monoisotopic (exact) mass is 890 g/mol. The van der Waals surface area contributed by atoms with Crippen LogP contribution in [-0.4, -0.2) is 86.4 Å². The van der Waals surface area contributed by atoms with Crippen LogP contribution in [0.2, 0.25) is 0 Å².